The first kappa shape index (κ1) is 8.52. The number of likely N-dealkylation sites (tertiary alicyclic amines) is 1. The second kappa shape index (κ2) is 3.35. The molecular formula is C10H20N2. The molecule has 1 saturated carbocycles. The van der Waals surface area contributed by atoms with Gasteiger partial charge in [-0.05, 0) is 51.7 Å². The molecule has 0 amide bonds. The fourth-order valence-electron chi connectivity index (χ4n) is 2.90. The first-order chi connectivity index (χ1) is 5.79. The van der Waals surface area contributed by atoms with Gasteiger partial charge in [-0.1, -0.05) is 0 Å². The molecule has 2 fully saturated rings. The third-order valence-electron chi connectivity index (χ3n) is 3.68. The number of fused-ring (bicyclic) bond motifs is 1. The molecule has 1 aliphatic carbocycles. The summed E-state index contributed by atoms with van der Waals surface area (Å²) in [6.07, 6.45) is 4.26. The van der Waals surface area contributed by atoms with Gasteiger partial charge in [0.05, 0.1) is 0 Å². The summed E-state index contributed by atoms with van der Waals surface area (Å²) >= 11 is 0. The molecule has 0 radical (unpaired) electrons. The van der Waals surface area contributed by atoms with Gasteiger partial charge in [0.25, 0.3) is 0 Å². The van der Waals surface area contributed by atoms with E-state index in [-0.39, 0.29) is 0 Å². The molecule has 0 spiro atoms. The summed E-state index contributed by atoms with van der Waals surface area (Å²) in [5.74, 6) is 2.01. The molecule has 3 atom stereocenters. The highest BCUT2D eigenvalue weighted by molar-refractivity contribution is 4.90. The van der Waals surface area contributed by atoms with Crippen LogP contribution in [0.5, 0.6) is 0 Å². The molecule has 1 unspecified atom stereocenters. The Kier molecular flexibility index (Phi) is 2.37. The van der Waals surface area contributed by atoms with Crippen molar-refractivity contribution in [1.29, 1.82) is 0 Å². The van der Waals surface area contributed by atoms with E-state index in [4.69, 9.17) is 0 Å². The Bertz CT molecular complexity index is 158. The topological polar surface area (TPSA) is 15.3 Å². The van der Waals surface area contributed by atoms with Crippen molar-refractivity contribution in [2.75, 3.05) is 27.2 Å². The Hall–Kier alpha value is -0.0800. The van der Waals surface area contributed by atoms with E-state index in [1.807, 2.05) is 0 Å². The van der Waals surface area contributed by atoms with Crippen molar-refractivity contribution in [3.8, 4) is 0 Å². The van der Waals surface area contributed by atoms with Crippen molar-refractivity contribution in [2.24, 2.45) is 11.8 Å². The fraction of sp³-hybridized carbons (Fsp3) is 1.00. The SMILES string of the molecule is CNC1C[C@@H]2CN(C)CC[C@H]2C1. The second-order valence-electron chi connectivity index (χ2n) is 4.53. The van der Waals surface area contributed by atoms with Crippen molar-refractivity contribution in [3.05, 3.63) is 0 Å². The van der Waals surface area contributed by atoms with E-state index in [0.29, 0.717) is 0 Å². The minimum absolute atomic E-state index is 0.812. The van der Waals surface area contributed by atoms with Gasteiger partial charge >= 0.3 is 0 Å². The van der Waals surface area contributed by atoms with Crippen LogP contribution in [0.2, 0.25) is 0 Å². The summed E-state index contributed by atoms with van der Waals surface area (Å²) in [4.78, 5) is 2.49. The van der Waals surface area contributed by atoms with Gasteiger partial charge in [0.15, 0.2) is 0 Å². The predicted octanol–water partition coefficient (Wildman–Crippen LogP) is 0.936. The zero-order chi connectivity index (χ0) is 8.55. The molecule has 2 rings (SSSR count). The standard InChI is InChI=1S/C10H20N2/c1-11-10-5-8-3-4-12(2)7-9(8)6-10/h8-11H,3-7H2,1-2H3/t8-,9+,10?/m0/s1. The molecule has 1 saturated heterocycles. The second-order valence-corrected chi connectivity index (χ2v) is 4.53. The van der Waals surface area contributed by atoms with Crippen LogP contribution in [0.3, 0.4) is 0 Å². The molecule has 2 heteroatoms. The Labute approximate surface area is 75.3 Å². The smallest absolute Gasteiger partial charge is 0.00700 e. The first-order valence-corrected chi connectivity index (χ1v) is 5.15. The normalized spacial score (nSPS) is 43.0. The summed E-state index contributed by atoms with van der Waals surface area (Å²) in [7, 11) is 4.36. The molecule has 2 nitrogen and oxygen atoms in total. The van der Waals surface area contributed by atoms with Crippen LogP contribution in [-0.2, 0) is 0 Å². The van der Waals surface area contributed by atoms with Gasteiger partial charge in [0, 0.05) is 12.6 Å². The molecule has 1 aliphatic heterocycles. The lowest BCUT2D eigenvalue weighted by atomic mass is 9.89. The molecular weight excluding hydrogens is 148 g/mol. The lowest BCUT2D eigenvalue weighted by molar-refractivity contribution is 0.166. The van der Waals surface area contributed by atoms with Gasteiger partial charge in [-0.25, -0.2) is 0 Å². The highest BCUT2D eigenvalue weighted by Gasteiger charge is 2.36. The quantitative estimate of drug-likeness (QED) is 0.627. The summed E-state index contributed by atoms with van der Waals surface area (Å²) in [6, 6.07) is 0.812. The Morgan fingerprint density at radius 1 is 1.25 bits per heavy atom. The molecule has 2 aliphatic rings. The van der Waals surface area contributed by atoms with Crippen LogP contribution in [0.15, 0.2) is 0 Å². The number of nitrogens with zero attached hydrogens (tertiary/aromatic N) is 1. The van der Waals surface area contributed by atoms with Crippen LogP contribution in [0, 0.1) is 11.8 Å². The van der Waals surface area contributed by atoms with Crippen LogP contribution >= 0.6 is 0 Å². The number of piperidine rings is 1. The van der Waals surface area contributed by atoms with Gasteiger partial charge < -0.3 is 10.2 Å². The molecule has 70 valence electrons. The lowest BCUT2D eigenvalue weighted by Gasteiger charge is -2.32. The maximum Gasteiger partial charge on any atom is 0.00700 e. The van der Waals surface area contributed by atoms with Crippen LogP contribution in [0.1, 0.15) is 19.3 Å². The minimum Gasteiger partial charge on any atom is -0.317 e. The zero-order valence-corrected chi connectivity index (χ0v) is 8.21. The Balaban J connectivity index is 1.93. The number of nitrogens with one attached hydrogen (secondary N) is 1. The summed E-state index contributed by atoms with van der Waals surface area (Å²) in [5, 5.41) is 3.42. The van der Waals surface area contributed by atoms with Gasteiger partial charge in [0.2, 0.25) is 0 Å². The lowest BCUT2D eigenvalue weighted by Crippen LogP contribution is -2.35. The van der Waals surface area contributed by atoms with E-state index in [9.17, 15) is 0 Å². The van der Waals surface area contributed by atoms with E-state index >= 15 is 0 Å². The van der Waals surface area contributed by atoms with Crippen LogP contribution in [0.4, 0.5) is 0 Å². The maximum absolute atomic E-state index is 3.42. The van der Waals surface area contributed by atoms with E-state index in [1.165, 1.54) is 32.4 Å². The van der Waals surface area contributed by atoms with Crippen molar-refractivity contribution in [3.63, 3.8) is 0 Å². The van der Waals surface area contributed by atoms with E-state index < -0.39 is 0 Å². The number of hydrogen-bond acceptors (Lipinski definition) is 2. The highest BCUT2D eigenvalue weighted by Crippen LogP contribution is 2.37. The first-order valence-electron chi connectivity index (χ1n) is 5.15. The minimum atomic E-state index is 0.812. The molecule has 1 N–H and O–H groups in total. The molecule has 0 aromatic rings. The summed E-state index contributed by atoms with van der Waals surface area (Å²) in [5.41, 5.74) is 0. The Morgan fingerprint density at radius 2 is 2.00 bits per heavy atom. The van der Waals surface area contributed by atoms with Crippen molar-refractivity contribution in [1.82, 2.24) is 10.2 Å². The third kappa shape index (κ3) is 1.50. The van der Waals surface area contributed by atoms with Gasteiger partial charge in [-0.3, -0.25) is 0 Å². The molecule has 0 bridgehead atoms. The van der Waals surface area contributed by atoms with Crippen LogP contribution < -0.4 is 5.32 Å². The zero-order valence-electron chi connectivity index (χ0n) is 8.21. The average molecular weight is 168 g/mol. The van der Waals surface area contributed by atoms with Crippen LogP contribution in [0.25, 0.3) is 0 Å². The third-order valence-corrected chi connectivity index (χ3v) is 3.68. The van der Waals surface area contributed by atoms with Crippen molar-refractivity contribution >= 4 is 0 Å². The number of rotatable bonds is 1. The average Bonchev–Trinajstić information content (AvgIpc) is 2.46. The molecule has 1 heterocycles. The maximum atomic E-state index is 3.42. The Morgan fingerprint density at radius 3 is 2.75 bits per heavy atom. The summed E-state index contributed by atoms with van der Waals surface area (Å²) in [6.45, 7) is 2.65. The fourth-order valence-corrected chi connectivity index (χ4v) is 2.90. The number of hydrogen-bond donors (Lipinski definition) is 1. The highest BCUT2D eigenvalue weighted by atomic mass is 15.1. The monoisotopic (exact) mass is 168 g/mol. The summed E-state index contributed by atoms with van der Waals surface area (Å²) < 4.78 is 0. The largest absolute Gasteiger partial charge is 0.317 e. The molecule has 0 aromatic carbocycles. The van der Waals surface area contributed by atoms with Gasteiger partial charge in [0.1, 0.15) is 0 Å². The molecule has 12 heavy (non-hydrogen) atoms. The van der Waals surface area contributed by atoms with Gasteiger partial charge in [-0.2, -0.15) is 0 Å². The predicted molar refractivity (Wildman–Crippen MR) is 51.2 cm³/mol. The molecule has 0 aromatic heterocycles. The van der Waals surface area contributed by atoms with E-state index in [0.717, 1.165) is 17.9 Å². The van der Waals surface area contributed by atoms with Crippen LogP contribution in [-0.4, -0.2) is 38.1 Å². The van der Waals surface area contributed by atoms with Crippen molar-refractivity contribution in [2.45, 2.75) is 25.3 Å². The van der Waals surface area contributed by atoms with E-state index in [1.54, 1.807) is 0 Å². The van der Waals surface area contributed by atoms with E-state index in [2.05, 4.69) is 24.3 Å². The van der Waals surface area contributed by atoms with Gasteiger partial charge in [-0.15, -0.1) is 0 Å². The van der Waals surface area contributed by atoms with Crippen molar-refractivity contribution < 1.29 is 0 Å².